The Labute approximate surface area is 135 Å². The van der Waals surface area contributed by atoms with Gasteiger partial charge in [0, 0.05) is 6.54 Å². The van der Waals surface area contributed by atoms with Gasteiger partial charge in [0.25, 0.3) is 0 Å². The lowest BCUT2D eigenvalue weighted by Gasteiger charge is -2.32. The Bertz CT molecular complexity index is 584. The van der Waals surface area contributed by atoms with Crippen LogP contribution < -0.4 is 0 Å². The molecule has 0 bridgehead atoms. The van der Waals surface area contributed by atoms with Crippen LogP contribution in [0.15, 0.2) is 22.0 Å². The van der Waals surface area contributed by atoms with Gasteiger partial charge in [-0.05, 0) is 44.2 Å². The molecule has 0 amide bonds. The first-order valence-electron chi connectivity index (χ1n) is 7.91. The lowest BCUT2D eigenvalue weighted by molar-refractivity contribution is 0.0415. The average molecular weight is 321 g/mol. The van der Waals surface area contributed by atoms with E-state index in [0.29, 0.717) is 17.6 Å². The van der Waals surface area contributed by atoms with Crippen molar-refractivity contribution in [2.75, 3.05) is 13.6 Å². The standard InChI is InChI=1S/C16H23N3O2S/c1-11(19(2)10-12-6-3-4-7-13(12)20)16-17-15(18-21-16)14-8-5-9-22-14/h5,8-9,11-13,20H,3-4,6-7,10H2,1-2H3. The van der Waals surface area contributed by atoms with Gasteiger partial charge in [-0.25, -0.2) is 0 Å². The van der Waals surface area contributed by atoms with E-state index < -0.39 is 0 Å². The van der Waals surface area contributed by atoms with Crippen LogP contribution in [-0.4, -0.2) is 39.8 Å². The number of hydrogen-bond acceptors (Lipinski definition) is 6. The Morgan fingerprint density at radius 3 is 3.00 bits per heavy atom. The second-order valence-electron chi connectivity index (χ2n) is 6.16. The lowest BCUT2D eigenvalue weighted by atomic mass is 9.86. The fourth-order valence-electron chi connectivity index (χ4n) is 3.03. The molecule has 1 N–H and O–H groups in total. The monoisotopic (exact) mass is 321 g/mol. The third-order valence-electron chi connectivity index (χ3n) is 4.59. The van der Waals surface area contributed by atoms with Crippen molar-refractivity contribution >= 4 is 11.3 Å². The van der Waals surface area contributed by atoms with Crippen molar-refractivity contribution in [3.05, 3.63) is 23.4 Å². The highest BCUT2D eigenvalue weighted by atomic mass is 32.1. The molecule has 22 heavy (non-hydrogen) atoms. The van der Waals surface area contributed by atoms with E-state index in [1.54, 1.807) is 11.3 Å². The summed E-state index contributed by atoms with van der Waals surface area (Å²) in [5, 5.41) is 16.2. The lowest BCUT2D eigenvalue weighted by Crippen LogP contribution is -2.36. The van der Waals surface area contributed by atoms with Gasteiger partial charge >= 0.3 is 0 Å². The molecule has 5 nitrogen and oxygen atoms in total. The summed E-state index contributed by atoms with van der Waals surface area (Å²) in [6, 6.07) is 4.03. The first-order chi connectivity index (χ1) is 10.6. The maximum absolute atomic E-state index is 10.1. The Morgan fingerprint density at radius 2 is 2.27 bits per heavy atom. The highest BCUT2D eigenvalue weighted by molar-refractivity contribution is 7.13. The van der Waals surface area contributed by atoms with Crippen LogP contribution in [0, 0.1) is 5.92 Å². The minimum absolute atomic E-state index is 0.0512. The van der Waals surface area contributed by atoms with E-state index in [1.165, 1.54) is 6.42 Å². The summed E-state index contributed by atoms with van der Waals surface area (Å²) in [5.41, 5.74) is 0. The van der Waals surface area contributed by atoms with Gasteiger partial charge in [0.1, 0.15) is 0 Å². The molecule has 1 aliphatic carbocycles. The van der Waals surface area contributed by atoms with Gasteiger partial charge in [-0.2, -0.15) is 4.98 Å². The summed E-state index contributed by atoms with van der Waals surface area (Å²) in [7, 11) is 2.06. The molecule has 0 radical (unpaired) electrons. The zero-order valence-corrected chi connectivity index (χ0v) is 13.9. The van der Waals surface area contributed by atoms with Gasteiger partial charge in [0.15, 0.2) is 0 Å². The molecule has 0 spiro atoms. The molecule has 2 aromatic rings. The maximum atomic E-state index is 10.1. The van der Waals surface area contributed by atoms with Gasteiger partial charge in [0.05, 0.1) is 17.0 Å². The highest BCUT2D eigenvalue weighted by Gasteiger charge is 2.27. The van der Waals surface area contributed by atoms with Crippen molar-refractivity contribution in [2.24, 2.45) is 5.92 Å². The molecule has 3 unspecified atom stereocenters. The Morgan fingerprint density at radius 1 is 1.45 bits per heavy atom. The van der Waals surface area contributed by atoms with E-state index in [-0.39, 0.29) is 12.1 Å². The predicted molar refractivity (Wildman–Crippen MR) is 86.6 cm³/mol. The van der Waals surface area contributed by atoms with E-state index in [2.05, 4.69) is 29.0 Å². The fourth-order valence-corrected chi connectivity index (χ4v) is 3.68. The molecular weight excluding hydrogens is 298 g/mol. The molecule has 6 heteroatoms. The molecule has 0 aromatic carbocycles. The van der Waals surface area contributed by atoms with Crippen LogP contribution in [0.1, 0.15) is 44.5 Å². The van der Waals surface area contributed by atoms with Crippen molar-refractivity contribution in [3.63, 3.8) is 0 Å². The minimum atomic E-state index is -0.173. The summed E-state index contributed by atoms with van der Waals surface area (Å²) in [6.45, 7) is 2.93. The molecule has 0 saturated heterocycles. The number of hydrogen-bond donors (Lipinski definition) is 1. The third kappa shape index (κ3) is 3.39. The number of aliphatic hydroxyl groups excluding tert-OH is 1. The first-order valence-corrected chi connectivity index (χ1v) is 8.79. The molecule has 1 saturated carbocycles. The molecule has 3 rings (SSSR count). The molecule has 120 valence electrons. The van der Waals surface area contributed by atoms with Crippen LogP contribution in [0.5, 0.6) is 0 Å². The molecular formula is C16H23N3O2S. The van der Waals surface area contributed by atoms with Crippen LogP contribution in [0.2, 0.25) is 0 Å². The zero-order valence-electron chi connectivity index (χ0n) is 13.1. The quantitative estimate of drug-likeness (QED) is 0.915. The van der Waals surface area contributed by atoms with E-state index in [1.807, 2.05) is 17.5 Å². The van der Waals surface area contributed by atoms with E-state index in [4.69, 9.17) is 4.52 Å². The average Bonchev–Trinajstić information content (AvgIpc) is 3.19. The van der Waals surface area contributed by atoms with Crippen LogP contribution in [0.25, 0.3) is 10.7 Å². The molecule has 3 atom stereocenters. The maximum Gasteiger partial charge on any atom is 0.244 e. The first kappa shape index (κ1) is 15.6. The fraction of sp³-hybridized carbons (Fsp3) is 0.625. The van der Waals surface area contributed by atoms with Gasteiger partial charge < -0.3 is 9.63 Å². The van der Waals surface area contributed by atoms with Gasteiger partial charge in [0.2, 0.25) is 11.7 Å². The van der Waals surface area contributed by atoms with Crippen molar-refractivity contribution in [2.45, 2.75) is 44.8 Å². The van der Waals surface area contributed by atoms with E-state index >= 15 is 0 Å². The van der Waals surface area contributed by atoms with Gasteiger partial charge in [-0.1, -0.05) is 24.1 Å². The van der Waals surface area contributed by atoms with Crippen molar-refractivity contribution in [1.82, 2.24) is 15.0 Å². The van der Waals surface area contributed by atoms with E-state index in [0.717, 1.165) is 30.7 Å². The SMILES string of the molecule is CC(c1nc(-c2cccs2)no1)N(C)CC1CCCCC1O. The van der Waals surface area contributed by atoms with Gasteiger partial charge in [-0.3, -0.25) is 4.90 Å². The van der Waals surface area contributed by atoms with Gasteiger partial charge in [-0.15, -0.1) is 11.3 Å². The number of nitrogens with zero attached hydrogens (tertiary/aromatic N) is 3. The number of thiophene rings is 1. The third-order valence-corrected chi connectivity index (χ3v) is 5.46. The number of aromatic nitrogens is 2. The second-order valence-corrected chi connectivity index (χ2v) is 7.11. The van der Waals surface area contributed by atoms with Crippen LogP contribution in [0.4, 0.5) is 0 Å². The number of aliphatic hydroxyl groups is 1. The van der Waals surface area contributed by atoms with E-state index in [9.17, 15) is 5.11 Å². The van der Waals surface area contributed by atoms with Crippen LogP contribution >= 0.6 is 11.3 Å². The summed E-state index contributed by atoms with van der Waals surface area (Å²) < 4.78 is 5.43. The Kier molecular flexibility index (Phi) is 4.90. The minimum Gasteiger partial charge on any atom is -0.393 e. The zero-order chi connectivity index (χ0) is 15.5. The summed E-state index contributed by atoms with van der Waals surface area (Å²) in [4.78, 5) is 7.73. The number of rotatable bonds is 5. The van der Waals surface area contributed by atoms with Crippen LogP contribution in [-0.2, 0) is 0 Å². The second kappa shape index (κ2) is 6.89. The largest absolute Gasteiger partial charge is 0.393 e. The Balaban J connectivity index is 1.64. The normalized spacial score (nSPS) is 23.8. The highest BCUT2D eigenvalue weighted by Crippen LogP contribution is 2.28. The molecule has 2 aromatic heterocycles. The smallest absolute Gasteiger partial charge is 0.244 e. The summed E-state index contributed by atoms with van der Waals surface area (Å²) in [5.74, 6) is 1.64. The predicted octanol–water partition coefficient (Wildman–Crippen LogP) is 3.34. The van der Waals surface area contributed by atoms with Crippen molar-refractivity contribution < 1.29 is 9.63 Å². The van der Waals surface area contributed by atoms with Crippen LogP contribution in [0.3, 0.4) is 0 Å². The van der Waals surface area contributed by atoms with Crippen molar-refractivity contribution in [1.29, 1.82) is 0 Å². The molecule has 1 aliphatic rings. The molecule has 0 aliphatic heterocycles. The Hall–Kier alpha value is -1.24. The summed E-state index contributed by atoms with van der Waals surface area (Å²) >= 11 is 1.61. The topological polar surface area (TPSA) is 62.4 Å². The molecule has 1 fully saturated rings. The molecule has 2 heterocycles. The van der Waals surface area contributed by atoms with Crippen molar-refractivity contribution in [3.8, 4) is 10.7 Å². The summed E-state index contributed by atoms with van der Waals surface area (Å²) in [6.07, 6.45) is 4.21.